The fourth-order valence-electron chi connectivity index (χ4n) is 1.54. The second-order valence-electron chi connectivity index (χ2n) is 5.03. The maximum Gasteiger partial charge on any atom is 0.422 e. The lowest BCUT2D eigenvalue weighted by molar-refractivity contribution is -0.154. The van der Waals surface area contributed by atoms with Crippen LogP contribution in [0.4, 0.5) is 26.3 Å². The second-order valence-corrected chi connectivity index (χ2v) is 5.03. The van der Waals surface area contributed by atoms with Crippen LogP contribution in [-0.2, 0) is 4.79 Å². The van der Waals surface area contributed by atoms with Gasteiger partial charge in [-0.25, -0.2) is 0 Å². The number of carbonyl (C=O) groups excluding carboxylic acids is 1. The zero-order valence-electron chi connectivity index (χ0n) is 13.1. The summed E-state index contributed by atoms with van der Waals surface area (Å²) in [5, 5.41) is 10.7. The maximum atomic E-state index is 12.2. The third-order valence-electron chi connectivity index (χ3n) is 2.67. The van der Waals surface area contributed by atoms with Gasteiger partial charge in [-0.05, 0) is 19.1 Å². The Morgan fingerprint density at radius 1 is 1.00 bits per heavy atom. The molecule has 1 amide bonds. The highest BCUT2D eigenvalue weighted by Gasteiger charge is 2.30. The molecule has 2 N–H and O–H groups in total. The Morgan fingerprint density at radius 3 is 1.77 bits per heavy atom. The van der Waals surface area contributed by atoms with E-state index in [1.54, 1.807) is 0 Å². The van der Waals surface area contributed by atoms with Crippen molar-refractivity contribution in [3.05, 3.63) is 23.8 Å². The van der Waals surface area contributed by atoms with Crippen LogP contribution in [0.3, 0.4) is 0 Å². The van der Waals surface area contributed by atoms with Gasteiger partial charge in [0, 0.05) is 11.6 Å². The summed E-state index contributed by atoms with van der Waals surface area (Å²) in [5.41, 5.74) is -0.435. The average Bonchev–Trinajstić information content (AvgIpc) is 2.49. The number of amides is 1. The SMILES string of the molecule is C[C@H](NC(=O)c1cc(OCC(F)(F)F)cc(OCC(F)(F)F)c1)C(=O)O. The summed E-state index contributed by atoms with van der Waals surface area (Å²) in [6.07, 6.45) is -9.44. The highest BCUT2D eigenvalue weighted by molar-refractivity contribution is 5.97. The predicted octanol–water partition coefficient (Wildman–Crippen LogP) is 2.77. The van der Waals surface area contributed by atoms with Crippen LogP contribution in [-0.4, -0.2) is 48.6 Å². The van der Waals surface area contributed by atoms with Gasteiger partial charge in [0.05, 0.1) is 0 Å². The van der Waals surface area contributed by atoms with Crippen molar-refractivity contribution in [2.75, 3.05) is 13.2 Å². The molecular formula is C14H13F6NO5. The van der Waals surface area contributed by atoms with Crippen molar-refractivity contribution in [1.82, 2.24) is 5.32 Å². The van der Waals surface area contributed by atoms with Crippen LogP contribution in [0.5, 0.6) is 11.5 Å². The fourth-order valence-corrected chi connectivity index (χ4v) is 1.54. The number of rotatable bonds is 7. The minimum absolute atomic E-state index is 0.435. The summed E-state index contributed by atoms with van der Waals surface area (Å²) in [5.74, 6) is -3.59. The Kier molecular flexibility index (Phi) is 6.70. The van der Waals surface area contributed by atoms with Crippen molar-refractivity contribution >= 4 is 11.9 Å². The van der Waals surface area contributed by atoms with Crippen molar-refractivity contribution in [2.24, 2.45) is 0 Å². The van der Waals surface area contributed by atoms with E-state index in [4.69, 9.17) is 5.11 Å². The van der Waals surface area contributed by atoms with Crippen LogP contribution in [0.2, 0.25) is 0 Å². The van der Waals surface area contributed by atoms with Crippen molar-refractivity contribution in [3.63, 3.8) is 0 Å². The molecule has 12 heteroatoms. The maximum absolute atomic E-state index is 12.2. The molecule has 1 aromatic carbocycles. The third-order valence-corrected chi connectivity index (χ3v) is 2.67. The van der Waals surface area contributed by atoms with E-state index in [2.05, 4.69) is 9.47 Å². The molecule has 0 aromatic heterocycles. The van der Waals surface area contributed by atoms with Gasteiger partial charge in [-0.3, -0.25) is 9.59 Å². The number of carboxylic acid groups (broad SMARTS) is 1. The zero-order chi connectivity index (χ0) is 20.1. The molecule has 1 rings (SSSR count). The van der Waals surface area contributed by atoms with Crippen molar-refractivity contribution in [1.29, 1.82) is 0 Å². The van der Waals surface area contributed by atoms with E-state index in [-0.39, 0.29) is 0 Å². The molecule has 0 saturated carbocycles. The summed E-state index contributed by atoms with van der Waals surface area (Å²) >= 11 is 0. The third kappa shape index (κ3) is 7.94. The highest BCUT2D eigenvalue weighted by atomic mass is 19.4. The first-order chi connectivity index (χ1) is 11.8. The predicted molar refractivity (Wildman–Crippen MR) is 74.1 cm³/mol. The highest BCUT2D eigenvalue weighted by Crippen LogP contribution is 2.27. The quantitative estimate of drug-likeness (QED) is 0.701. The van der Waals surface area contributed by atoms with Crippen LogP contribution < -0.4 is 14.8 Å². The van der Waals surface area contributed by atoms with E-state index >= 15 is 0 Å². The largest absolute Gasteiger partial charge is 0.484 e. The fraction of sp³-hybridized carbons (Fsp3) is 0.429. The van der Waals surface area contributed by atoms with E-state index in [9.17, 15) is 35.9 Å². The molecule has 26 heavy (non-hydrogen) atoms. The van der Waals surface area contributed by atoms with Gasteiger partial charge < -0.3 is 19.9 Å². The van der Waals surface area contributed by atoms with Gasteiger partial charge in [0.15, 0.2) is 13.2 Å². The molecule has 0 spiro atoms. The molecule has 146 valence electrons. The van der Waals surface area contributed by atoms with Crippen LogP contribution in [0.25, 0.3) is 0 Å². The lowest BCUT2D eigenvalue weighted by Gasteiger charge is -2.15. The Labute approximate surface area is 142 Å². The van der Waals surface area contributed by atoms with Gasteiger partial charge in [-0.15, -0.1) is 0 Å². The minimum atomic E-state index is -4.72. The van der Waals surface area contributed by atoms with Crippen LogP contribution >= 0.6 is 0 Å². The molecule has 0 aliphatic rings. The molecule has 0 saturated heterocycles. The van der Waals surface area contributed by atoms with Gasteiger partial charge in [-0.2, -0.15) is 26.3 Å². The zero-order valence-corrected chi connectivity index (χ0v) is 13.1. The molecule has 0 aliphatic heterocycles. The first-order valence-electron chi connectivity index (χ1n) is 6.85. The number of carbonyl (C=O) groups is 2. The standard InChI is InChI=1S/C14H13F6NO5/c1-7(12(23)24)21-11(22)8-2-9(25-5-13(15,16)17)4-10(3-8)26-6-14(18,19)20/h2-4,7H,5-6H2,1H3,(H,21,22)(H,23,24)/t7-/m0/s1. The number of alkyl halides is 6. The van der Waals surface area contributed by atoms with Gasteiger partial charge in [0.2, 0.25) is 0 Å². The molecule has 0 fully saturated rings. The molecule has 0 unspecified atom stereocenters. The number of hydrogen-bond acceptors (Lipinski definition) is 4. The monoisotopic (exact) mass is 389 g/mol. The number of aliphatic carboxylic acids is 1. The van der Waals surface area contributed by atoms with E-state index in [0.29, 0.717) is 0 Å². The van der Waals surface area contributed by atoms with Gasteiger partial charge >= 0.3 is 18.3 Å². The van der Waals surface area contributed by atoms with E-state index in [0.717, 1.165) is 25.1 Å². The second kappa shape index (κ2) is 8.15. The van der Waals surface area contributed by atoms with Crippen molar-refractivity contribution in [3.8, 4) is 11.5 Å². The summed E-state index contributed by atoms with van der Waals surface area (Å²) in [6, 6.07) is 1.03. The molecule has 0 heterocycles. The lowest BCUT2D eigenvalue weighted by Crippen LogP contribution is -2.38. The van der Waals surface area contributed by atoms with Crippen LogP contribution in [0, 0.1) is 0 Å². The normalized spacial score (nSPS) is 13.0. The van der Waals surface area contributed by atoms with E-state index < -0.39 is 60.5 Å². The molecular weight excluding hydrogens is 376 g/mol. The average molecular weight is 389 g/mol. The summed E-state index contributed by atoms with van der Waals surface area (Å²) in [7, 11) is 0. The number of ether oxygens (including phenoxy) is 2. The summed E-state index contributed by atoms with van der Waals surface area (Å²) in [4.78, 5) is 22.6. The summed E-state index contributed by atoms with van der Waals surface area (Å²) in [6.45, 7) is -2.38. The van der Waals surface area contributed by atoms with E-state index in [1.165, 1.54) is 0 Å². The van der Waals surface area contributed by atoms with Gasteiger partial charge in [-0.1, -0.05) is 0 Å². The number of benzene rings is 1. The molecule has 0 bridgehead atoms. The molecule has 6 nitrogen and oxygen atoms in total. The smallest absolute Gasteiger partial charge is 0.422 e. The van der Waals surface area contributed by atoms with Crippen LogP contribution in [0.15, 0.2) is 18.2 Å². The summed E-state index contributed by atoms with van der Waals surface area (Å²) < 4.78 is 82.1. The molecule has 1 atom stereocenters. The van der Waals surface area contributed by atoms with Crippen molar-refractivity contribution < 1.29 is 50.5 Å². The van der Waals surface area contributed by atoms with Crippen LogP contribution in [0.1, 0.15) is 17.3 Å². The first kappa shape index (κ1) is 21.4. The topological polar surface area (TPSA) is 84.9 Å². The Balaban J connectivity index is 3.06. The van der Waals surface area contributed by atoms with Gasteiger partial charge in [0.25, 0.3) is 5.91 Å². The van der Waals surface area contributed by atoms with Crippen molar-refractivity contribution in [2.45, 2.75) is 25.3 Å². The molecule has 1 aromatic rings. The molecule has 0 aliphatic carbocycles. The van der Waals surface area contributed by atoms with E-state index in [1.807, 2.05) is 5.32 Å². The van der Waals surface area contributed by atoms with Gasteiger partial charge in [0.1, 0.15) is 17.5 Å². The minimum Gasteiger partial charge on any atom is -0.484 e. The molecule has 0 radical (unpaired) electrons. The Morgan fingerprint density at radius 2 is 1.42 bits per heavy atom. The number of halogens is 6. The lowest BCUT2D eigenvalue weighted by atomic mass is 10.1. The Hall–Kier alpha value is -2.66. The number of nitrogens with one attached hydrogen (secondary N) is 1. The first-order valence-corrected chi connectivity index (χ1v) is 6.85. The number of hydrogen-bond donors (Lipinski definition) is 2. The number of carboxylic acids is 1. The Bertz CT molecular complexity index is 622.